The van der Waals surface area contributed by atoms with Crippen molar-refractivity contribution < 1.29 is 13.9 Å². The molecule has 1 unspecified atom stereocenters. The molecule has 0 aromatic heterocycles. The van der Waals surface area contributed by atoms with Crippen LogP contribution < -0.4 is 0 Å². The zero-order valence-electron chi connectivity index (χ0n) is 10.0. The third-order valence-electron chi connectivity index (χ3n) is 3.17. The van der Waals surface area contributed by atoms with Crippen molar-refractivity contribution in [3.8, 4) is 0 Å². The maximum atomic E-state index is 12.9. The fourth-order valence-corrected chi connectivity index (χ4v) is 2.20. The lowest BCUT2D eigenvalue weighted by Crippen LogP contribution is -2.14. The Bertz CT molecular complexity index is 409. The van der Waals surface area contributed by atoms with Crippen LogP contribution in [0.3, 0.4) is 0 Å². The van der Waals surface area contributed by atoms with Crippen LogP contribution in [0.15, 0.2) is 18.2 Å². The van der Waals surface area contributed by atoms with Gasteiger partial charge in [-0.05, 0) is 43.0 Å². The molecular formula is C14H17FO2. The number of aryl methyl sites for hydroxylation is 1. The van der Waals surface area contributed by atoms with E-state index in [0.29, 0.717) is 12.8 Å². The maximum absolute atomic E-state index is 12.9. The second-order valence-electron chi connectivity index (χ2n) is 4.63. The molecule has 92 valence electrons. The Morgan fingerprint density at radius 1 is 1.53 bits per heavy atom. The fourth-order valence-electron chi connectivity index (χ4n) is 2.20. The lowest BCUT2D eigenvalue weighted by molar-refractivity contribution is -0.120. The fraction of sp³-hybridized carbons (Fsp3) is 0.500. The highest BCUT2D eigenvalue weighted by molar-refractivity contribution is 5.81. The van der Waals surface area contributed by atoms with E-state index in [9.17, 15) is 9.18 Å². The molecule has 0 aliphatic carbocycles. The molecule has 1 fully saturated rings. The second-order valence-corrected chi connectivity index (χ2v) is 4.63. The van der Waals surface area contributed by atoms with Gasteiger partial charge in [-0.1, -0.05) is 6.07 Å². The molecule has 0 N–H and O–H groups in total. The number of hydrogen-bond donors (Lipinski definition) is 0. The molecule has 0 radical (unpaired) electrons. The van der Waals surface area contributed by atoms with Crippen molar-refractivity contribution in [2.75, 3.05) is 6.61 Å². The van der Waals surface area contributed by atoms with Gasteiger partial charge in [0, 0.05) is 19.4 Å². The summed E-state index contributed by atoms with van der Waals surface area (Å²) in [6.45, 7) is 2.60. The van der Waals surface area contributed by atoms with E-state index in [4.69, 9.17) is 4.74 Å². The highest BCUT2D eigenvalue weighted by Crippen LogP contribution is 2.18. The summed E-state index contributed by atoms with van der Waals surface area (Å²) < 4.78 is 18.3. The van der Waals surface area contributed by atoms with Crippen LogP contribution in [0, 0.1) is 12.7 Å². The van der Waals surface area contributed by atoms with Gasteiger partial charge in [-0.3, -0.25) is 4.79 Å². The molecule has 1 saturated heterocycles. The third kappa shape index (κ3) is 3.37. The Labute approximate surface area is 101 Å². The van der Waals surface area contributed by atoms with E-state index in [0.717, 1.165) is 30.6 Å². The standard InChI is InChI=1S/C14H17FO2/c1-10-7-12(15)5-4-11(10)8-13(16)9-14-3-2-6-17-14/h4-5,7,14H,2-3,6,8-9H2,1H3. The topological polar surface area (TPSA) is 26.3 Å². The zero-order valence-corrected chi connectivity index (χ0v) is 10.0. The smallest absolute Gasteiger partial charge is 0.139 e. The average molecular weight is 236 g/mol. The van der Waals surface area contributed by atoms with Crippen molar-refractivity contribution in [3.63, 3.8) is 0 Å². The predicted molar refractivity (Wildman–Crippen MR) is 63.4 cm³/mol. The van der Waals surface area contributed by atoms with E-state index in [1.165, 1.54) is 12.1 Å². The molecule has 1 aromatic carbocycles. The van der Waals surface area contributed by atoms with Gasteiger partial charge in [0.05, 0.1) is 6.10 Å². The maximum Gasteiger partial charge on any atom is 0.139 e. The highest BCUT2D eigenvalue weighted by Gasteiger charge is 2.19. The van der Waals surface area contributed by atoms with Gasteiger partial charge in [0.2, 0.25) is 0 Å². The number of carbonyl (C=O) groups is 1. The van der Waals surface area contributed by atoms with Crippen molar-refractivity contribution in [3.05, 3.63) is 35.1 Å². The zero-order chi connectivity index (χ0) is 12.3. The Morgan fingerprint density at radius 3 is 3.00 bits per heavy atom. The summed E-state index contributed by atoms with van der Waals surface area (Å²) in [7, 11) is 0. The van der Waals surface area contributed by atoms with Crippen molar-refractivity contribution in [2.24, 2.45) is 0 Å². The van der Waals surface area contributed by atoms with Crippen LogP contribution in [0.5, 0.6) is 0 Å². The summed E-state index contributed by atoms with van der Waals surface area (Å²) in [6.07, 6.45) is 2.99. The molecule has 1 aromatic rings. The van der Waals surface area contributed by atoms with Crippen molar-refractivity contribution in [2.45, 2.75) is 38.7 Å². The van der Waals surface area contributed by atoms with Gasteiger partial charge in [-0.2, -0.15) is 0 Å². The van der Waals surface area contributed by atoms with E-state index in [1.54, 1.807) is 6.07 Å². The normalized spacial score (nSPS) is 19.5. The summed E-state index contributed by atoms with van der Waals surface area (Å²) in [4.78, 5) is 11.8. The molecule has 1 atom stereocenters. The lowest BCUT2D eigenvalue weighted by Gasteiger charge is -2.09. The molecule has 3 heteroatoms. The number of halogens is 1. The van der Waals surface area contributed by atoms with Gasteiger partial charge in [-0.15, -0.1) is 0 Å². The Balaban J connectivity index is 1.93. The minimum Gasteiger partial charge on any atom is -0.378 e. The second kappa shape index (κ2) is 5.41. The van der Waals surface area contributed by atoms with Gasteiger partial charge in [-0.25, -0.2) is 4.39 Å². The number of Topliss-reactive ketones (excluding diaryl/α,β-unsaturated/α-hetero) is 1. The largest absolute Gasteiger partial charge is 0.378 e. The number of ether oxygens (including phenoxy) is 1. The molecule has 1 heterocycles. The quantitative estimate of drug-likeness (QED) is 0.803. The monoisotopic (exact) mass is 236 g/mol. The Kier molecular flexibility index (Phi) is 3.89. The molecular weight excluding hydrogens is 219 g/mol. The molecule has 0 bridgehead atoms. The van der Waals surface area contributed by atoms with Gasteiger partial charge in [0.1, 0.15) is 11.6 Å². The van der Waals surface area contributed by atoms with E-state index in [-0.39, 0.29) is 17.7 Å². The van der Waals surface area contributed by atoms with Crippen LogP contribution in [-0.2, 0) is 16.0 Å². The van der Waals surface area contributed by atoms with Gasteiger partial charge < -0.3 is 4.74 Å². The van der Waals surface area contributed by atoms with E-state index in [2.05, 4.69) is 0 Å². The third-order valence-corrected chi connectivity index (χ3v) is 3.17. The number of benzene rings is 1. The first kappa shape index (κ1) is 12.2. The molecule has 2 nitrogen and oxygen atoms in total. The minimum atomic E-state index is -0.252. The molecule has 17 heavy (non-hydrogen) atoms. The molecule has 1 aliphatic heterocycles. The first-order valence-electron chi connectivity index (χ1n) is 6.03. The number of carbonyl (C=O) groups excluding carboxylic acids is 1. The van der Waals surface area contributed by atoms with Crippen molar-refractivity contribution >= 4 is 5.78 Å². The highest BCUT2D eigenvalue weighted by atomic mass is 19.1. The summed E-state index contributed by atoms with van der Waals surface area (Å²) in [5, 5.41) is 0. The van der Waals surface area contributed by atoms with Crippen molar-refractivity contribution in [1.29, 1.82) is 0 Å². The minimum absolute atomic E-state index is 0.100. The Hall–Kier alpha value is -1.22. The summed E-state index contributed by atoms with van der Waals surface area (Å²) >= 11 is 0. The van der Waals surface area contributed by atoms with Crippen LogP contribution in [0.1, 0.15) is 30.4 Å². The van der Waals surface area contributed by atoms with Gasteiger partial charge >= 0.3 is 0 Å². The molecule has 1 aliphatic rings. The van der Waals surface area contributed by atoms with Gasteiger partial charge in [0.15, 0.2) is 0 Å². The van der Waals surface area contributed by atoms with Crippen LogP contribution in [0.25, 0.3) is 0 Å². The predicted octanol–water partition coefficient (Wildman–Crippen LogP) is 2.81. The average Bonchev–Trinajstić information content (AvgIpc) is 2.75. The number of hydrogen-bond acceptors (Lipinski definition) is 2. The number of rotatable bonds is 4. The van der Waals surface area contributed by atoms with Gasteiger partial charge in [0.25, 0.3) is 0 Å². The van der Waals surface area contributed by atoms with Crippen molar-refractivity contribution in [1.82, 2.24) is 0 Å². The van der Waals surface area contributed by atoms with Crippen LogP contribution in [-0.4, -0.2) is 18.5 Å². The van der Waals surface area contributed by atoms with E-state index in [1.807, 2.05) is 6.92 Å². The molecule has 0 amide bonds. The van der Waals surface area contributed by atoms with E-state index >= 15 is 0 Å². The summed E-state index contributed by atoms with van der Waals surface area (Å²) in [5.41, 5.74) is 1.75. The van der Waals surface area contributed by atoms with Crippen LogP contribution in [0.4, 0.5) is 4.39 Å². The number of ketones is 1. The first-order chi connectivity index (χ1) is 8.15. The Morgan fingerprint density at radius 2 is 2.35 bits per heavy atom. The van der Waals surface area contributed by atoms with E-state index < -0.39 is 0 Å². The SMILES string of the molecule is Cc1cc(F)ccc1CC(=O)CC1CCCO1. The molecule has 0 spiro atoms. The van der Waals surface area contributed by atoms with Crippen LogP contribution in [0.2, 0.25) is 0 Å². The molecule has 2 rings (SSSR count). The summed E-state index contributed by atoms with van der Waals surface area (Å²) in [6, 6.07) is 4.56. The summed E-state index contributed by atoms with van der Waals surface area (Å²) in [5.74, 6) is -0.0792. The first-order valence-corrected chi connectivity index (χ1v) is 6.03. The lowest BCUT2D eigenvalue weighted by atomic mass is 10.00. The van der Waals surface area contributed by atoms with Crippen LogP contribution >= 0.6 is 0 Å². The molecule has 0 saturated carbocycles.